The van der Waals surface area contributed by atoms with Gasteiger partial charge in [0.05, 0.1) is 5.88 Å². The molecular weight excluding hydrogens is 298 g/mol. The zero-order valence-corrected chi connectivity index (χ0v) is 14.2. The zero-order valence-electron chi connectivity index (χ0n) is 12.6. The number of rotatable bonds is 8. The van der Waals surface area contributed by atoms with E-state index in [9.17, 15) is 8.42 Å². The number of hydrogen-bond acceptors (Lipinski definition) is 3. The van der Waals surface area contributed by atoms with Gasteiger partial charge in [-0.2, -0.15) is 4.31 Å². The molecule has 0 fully saturated rings. The summed E-state index contributed by atoms with van der Waals surface area (Å²) in [6, 6.07) is 1.46. The second-order valence-electron chi connectivity index (χ2n) is 5.18. The van der Waals surface area contributed by atoms with Crippen LogP contribution >= 0.6 is 11.6 Å². The predicted octanol–water partition coefficient (Wildman–Crippen LogP) is 3.92. The Hall–Kier alpha value is -0.520. The molecule has 1 rings (SSSR count). The lowest BCUT2D eigenvalue weighted by molar-refractivity contribution is 0.344. The largest absolute Gasteiger partial charge is 0.464 e. The van der Waals surface area contributed by atoms with Gasteiger partial charge in [-0.25, -0.2) is 8.42 Å². The number of halogens is 1. The summed E-state index contributed by atoms with van der Waals surface area (Å²) in [6.07, 6.45) is 2.95. The molecule has 0 spiro atoms. The van der Waals surface area contributed by atoms with E-state index in [1.807, 2.05) is 13.8 Å². The molecule has 0 aromatic carbocycles. The second-order valence-corrected chi connectivity index (χ2v) is 7.31. The third-order valence-electron chi connectivity index (χ3n) is 3.20. The number of aryl methyl sites for hydroxylation is 1. The van der Waals surface area contributed by atoms with Crippen molar-refractivity contribution in [1.29, 1.82) is 0 Å². The molecule has 0 atom stereocenters. The molecule has 0 unspecified atom stereocenters. The summed E-state index contributed by atoms with van der Waals surface area (Å²) in [6.45, 7) is 8.08. The molecule has 4 nitrogen and oxygen atoms in total. The van der Waals surface area contributed by atoms with Crippen LogP contribution in [0.3, 0.4) is 0 Å². The number of alkyl halides is 1. The highest BCUT2D eigenvalue weighted by Crippen LogP contribution is 2.26. The number of sulfonamides is 1. The van der Waals surface area contributed by atoms with Gasteiger partial charge in [0.15, 0.2) is 0 Å². The van der Waals surface area contributed by atoms with E-state index in [1.54, 1.807) is 11.2 Å². The topological polar surface area (TPSA) is 50.5 Å². The zero-order chi connectivity index (χ0) is 15.3. The molecule has 0 bridgehead atoms. The van der Waals surface area contributed by atoms with Crippen molar-refractivity contribution in [2.45, 2.75) is 63.8 Å². The number of unbranched alkanes of at least 4 members (excludes halogenated alkanes) is 2. The number of hydrogen-bond donors (Lipinski definition) is 0. The molecule has 0 aliphatic heterocycles. The fourth-order valence-electron chi connectivity index (χ4n) is 2.15. The average molecular weight is 322 g/mol. The van der Waals surface area contributed by atoms with Crippen molar-refractivity contribution in [3.8, 4) is 0 Å². The molecule has 0 N–H and O–H groups in total. The molecule has 0 radical (unpaired) electrons. The van der Waals surface area contributed by atoms with Crippen molar-refractivity contribution in [2.75, 3.05) is 6.54 Å². The quantitative estimate of drug-likeness (QED) is 0.538. The highest BCUT2D eigenvalue weighted by molar-refractivity contribution is 7.89. The monoisotopic (exact) mass is 321 g/mol. The minimum Gasteiger partial charge on any atom is -0.464 e. The van der Waals surface area contributed by atoms with Gasteiger partial charge in [-0.05, 0) is 27.2 Å². The Morgan fingerprint density at radius 3 is 2.45 bits per heavy atom. The van der Waals surface area contributed by atoms with E-state index in [0.29, 0.717) is 18.1 Å². The maximum absolute atomic E-state index is 12.7. The Bertz CT molecular complexity index is 523. The Morgan fingerprint density at radius 2 is 2.00 bits per heavy atom. The first-order valence-electron chi connectivity index (χ1n) is 7.01. The maximum atomic E-state index is 12.7. The van der Waals surface area contributed by atoms with Gasteiger partial charge in [0, 0.05) is 18.7 Å². The molecular formula is C14H24ClNO3S. The van der Waals surface area contributed by atoms with Gasteiger partial charge in [0.25, 0.3) is 0 Å². The van der Waals surface area contributed by atoms with Crippen molar-refractivity contribution in [2.24, 2.45) is 0 Å². The van der Waals surface area contributed by atoms with Crippen LogP contribution in [-0.2, 0) is 15.9 Å². The van der Waals surface area contributed by atoms with E-state index in [1.165, 1.54) is 6.07 Å². The normalized spacial score (nSPS) is 12.6. The van der Waals surface area contributed by atoms with Crippen LogP contribution in [0.5, 0.6) is 0 Å². The van der Waals surface area contributed by atoms with Crippen LogP contribution in [0.1, 0.15) is 51.6 Å². The molecule has 0 saturated heterocycles. The second kappa shape index (κ2) is 7.48. The molecule has 0 saturated carbocycles. The Morgan fingerprint density at radius 1 is 1.35 bits per heavy atom. The fourth-order valence-corrected chi connectivity index (χ4v) is 4.14. The van der Waals surface area contributed by atoms with E-state index in [4.69, 9.17) is 16.0 Å². The van der Waals surface area contributed by atoms with E-state index in [2.05, 4.69) is 6.92 Å². The summed E-state index contributed by atoms with van der Waals surface area (Å²) in [4.78, 5) is 0.235. The number of nitrogens with zero attached hydrogens (tertiary/aromatic N) is 1. The van der Waals surface area contributed by atoms with Crippen LogP contribution in [0.2, 0.25) is 0 Å². The molecule has 6 heteroatoms. The first-order chi connectivity index (χ1) is 9.34. The van der Waals surface area contributed by atoms with Crippen molar-refractivity contribution in [3.63, 3.8) is 0 Å². The van der Waals surface area contributed by atoms with Crippen LogP contribution in [-0.4, -0.2) is 25.3 Å². The maximum Gasteiger partial charge on any atom is 0.246 e. The summed E-state index contributed by atoms with van der Waals surface area (Å²) in [7, 11) is -3.52. The van der Waals surface area contributed by atoms with Gasteiger partial charge in [0.1, 0.15) is 16.4 Å². The van der Waals surface area contributed by atoms with Gasteiger partial charge in [-0.15, -0.1) is 11.6 Å². The molecule has 0 aliphatic rings. The Kier molecular flexibility index (Phi) is 6.55. The van der Waals surface area contributed by atoms with Crippen LogP contribution in [0.4, 0.5) is 0 Å². The van der Waals surface area contributed by atoms with E-state index in [-0.39, 0.29) is 16.8 Å². The summed E-state index contributed by atoms with van der Waals surface area (Å²) in [5.74, 6) is 1.07. The van der Waals surface area contributed by atoms with Crippen LogP contribution in [0, 0.1) is 6.92 Å². The lowest BCUT2D eigenvalue weighted by Crippen LogP contribution is -2.37. The third kappa shape index (κ3) is 3.99. The van der Waals surface area contributed by atoms with Crippen molar-refractivity contribution in [1.82, 2.24) is 4.31 Å². The van der Waals surface area contributed by atoms with Crippen LogP contribution in [0.15, 0.2) is 15.4 Å². The van der Waals surface area contributed by atoms with Gasteiger partial charge >= 0.3 is 0 Å². The van der Waals surface area contributed by atoms with Crippen molar-refractivity contribution in [3.05, 3.63) is 17.6 Å². The standard InChI is InChI=1S/C14H24ClNO3S/c1-5-6-7-8-16(11(2)3)20(17,18)14-9-13(10-15)19-12(14)4/h9,11H,5-8,10H2,1-4H3. The molecule has 0 aliphatic carbocycles. The molecule has 1 aromatic rings. The lowest BCUT2D eigenvalue weighted by Gasteiger charge is -2.25. The molecule has 20 heavy (non-hydrogen) atoms. The highest BCUT2D eigenvalue weighted by Gasteiger charge is 2.30. The molecule has 116 valence electrons. The van der Waals surface area contributed by atoms with Crippen molar-refractivity contribution >= 4 is 21.6 Å². The van der Waals surface area contributed by atoms with E-state index >= 15 is 0 Å². The van der Waals surface area contributed by atoms with E-state index < -0.39 is 10.0 Å². The van der Waals surface area contributed by atoms with Gasteiger partial charge < -0.3 is 4.42 Å². The first kappa shape index (κ1) is 17.5. The fraction of sp³-hybridized carbons (Fsp3) is 0.714. The minimum absolute atomic E-state index is 0.0781. The van der Waals surface area contributed by atoms with Crippen molar-refractivity contribution < 1.29 is 12.8 Å². The first-order valence-corrected chi connectivity index (χ1v) is 8.99. The summed E-state index contributed by atoms with van der Waals surface area (Å²) < 4.78 is 32.4. The van der Waals surface area contributed by atoms with Crippen LogP contribution < -0.4 is 0 Å². The Labute approximate surface area is 127 Å². The SMILES string of the molecule is CCCCCN(C(C)C)S(=O)(=O)c1cc(CCl)oc1C. The molecule has 0 amide bonds. The summed E-state index contributed by atoms with van der Waals surface area (Å²) in [5, 5.41) is 0. The molecule has 1 heterocycles. The van der Waals surface area contributed by atoms with Gasteiger partial charge in [0.2, 0.25) is 10.0 Å². The summed E-state index contributed by atoms with van der Waals surface area (Å²) in [5.41, 5.74) is 0. The molecule has 1 aromatic heterocycles. The predicted molar refractivity (Wildman–Crippen MR) is 81.6 cm³/mol. The summed E-state index contributed by atoms with van der Waals surface area (Å²) >= 11 is 5.70. The number of furan rings is 1. The lowest BCUT2D eigenvalue weighted by atomic mass is 10.2. The third-order valence-corrected chi connectivity index (χ3v) is 5.65. The van der Waals surface area contributed by atoms with Gasteiger partial charge in [-0.3, -0.25) is 0 Å². The minimum atomic E-state index is -3.52. The highest BCUT2D eigenvalue weighted by atomic mass is 35.5. The smallest absolute Gasteiger partial charge is 0.246 e. The average Bonchev–Trinajstić information content (AvgIpc) is 2.76. The van der Waals surface area contributed by atoms with Crippen LogP contribution in [0.25, 0.3) is 0 Å². The Balaban J connectivity index is 3.06. The van der Waals surface area contributed by atoms with E-state index in [0.717, 1.165) is 19.3 Å². The van der Waals surface area contributed by atoms with Gasteiger partial charge in [-0.1, -0.05) is 19.8 Å².